The van der Waals surface area contributed by atoms with Gasteiger partial charge >= 0.3 is 0 Å². The molecule has 5 nitrogen and oxygen atoms in total. The van der Waals surface area contributed by atoms with Crippen LogP contribution >= 0.6 is 0 Å². The molecule has 1 aromatic heterocycles. The Labute approximate surface area is 97.2 Å². The monoisotopic (exact) mass is 226 g/mol. The molecule has 1 heterocycles. The number of imidazole rings is 1. The molecule has 0 aliphatic heterocycles. The van der Waals surface area contributed by atoms with Crippen LogP contribution in [0.5, 0.6) is 0 Å². The van der Waals surface area contributed by atoms with Crippen LogP contribution in [-0.2, 0) is 11.3 Å². The predicted octanol–water partition coefficient (Wildman–Crippen LogP) is 0.0970. The van der Waals surface area contributed by atoms with Crippen molar-refractivity contribution in [2.24, 2.45) is 5.73 Å². The number of hydrogen-bond acceptors (Lipinski definition) is 4. The maximum absolute atomic E-state index is 5.88. The number of rotatable bonds is 7. The third kappa shape index (κ3) is 4.30. The van der Waals surface area contributed by atoms with Crippen molar-refractivity contribution in [3.63, 3.8) is 0 Å². The minimum Gasteiger partial charge on any atom is -0.383 e. The zero-order valence-corrected chi connectivity index (χ0v) is 10.4. The third-order valence-electron chi connectivity index (χ3n) is 2.57. The number of aryl methyl sites for hydroxylation is 1. The number of nitrogens with zero attached hydrogens (tertiary/aromatic N) is 3. The molecule has 16 heavy (non-hydrogen) atoms. The summed E-state index contributed by atoms with van der Waals surface area (Å²) in [6, 6.07) is 0.0823. The number of nitrogens with two attached hydrogens (primary N) is 1. The van der Waals surface area contributed by atoms with Crippen molar-refractivity contribution in [1.29, 1.82) is 0 Å². The van der Waals surface area contributed by atoms with E-state index in [1.54, 1.807) is 7.11 Å². The molecule has 0 saturated carbocycles. The van der Waals surface area contributed by atoms with Crippen molar-refractivity contribution in [2.75, 3.05) is 33.9 Å². The SMILES string of the molecule is COCC(N)CN(C)CCn1ccnc1C. The molecule has 0 aliphatic carbocycles. The molecule has 2 N–H and O–H groups in total. The fourth-order valence-corrected chi connectivity index (χ4v) is 1.68. The average Bonchev–Trinajstić information content (AvgIpc) is 2.61. The molecule has 1 rings (SSSR count). The van der Waals surface area contributed by atoms with E-state index in [0.29, 0.717) is 6.61 Å². The van der Waals surface area contributed by atoms with Gasteiger partial charge in [0.05, 0.1) is 6.61 Å². The maximum Gasteiger partial charge on any atom is 0.105 e. The molecule has 1 atom stereocenters. The zero-order valence-electron chi connectivity index (χ0n) is 10.4. The molecule has 5 heteroatoms. The van der Waals surface area contributed by atoms with Crippen molar-refractivity contribution >= 4 is 0 Å². The van der Waals surface area contributed by atoms with Gasteiger partial charge in [-0.3, -0.25) is 0 Å². The minimum absolute atomic E-state index is 0.0823. The molecule has 1 unspecified atom stereocenters. The first-order valence-electron chi connectivity index (χ1n) is 5.54. The molecule has 0 aliphatic rings. The number of hydrogen-bond donors (Lipinski definition) is 1. The first-order valence-corrected chi connectivity index (χ1v) is 5.54. The molecular formula is C11H22N4O. The van der Waals surface area contributed by atoms with Gasteiger partial charge in [0.15, 0.2) is 0 Å². The highest BCUT2D eigenvalue weighted by Gasteiger charge is 2.06. The fraction of sp³-hybridized carbons (Fsp3) is 0.727. The van der Waals surface area contributed by atoms with Crippen molar-refractivity contribution in [3.05, 3.63) is 18.2 Å². The van der Waals surface area contributed by atoms with Crippen molar-refractivity contribution in [1.82, 2.24) is 14.5 Å². The van der Waals surface area contributed by atoms with Gasteiger partial charge in [-0.05, 0) is 14.0 Å². The molecule has 0 radical (unpaired) electrons. The summed E-state index contributed by atoms with van der Waals surface area (Å²) in [5.74, 6) is 1.05. The quantitative estimate of drug-likeness (QED) is 0.716. The Kier molecular flexibility index (Phi) is 5.45. The second-order valence-corrected chi connectivity index (χ2v) is 4.15. The van der Waals surface area contributed by atoms with E-state index in [0.717, 1.165) is 25.5 Å². The summed E-state index contributed by atoms with van der Waals surface area (Å²) in [4.78, 5) is 6.40. The van der Waals surface area contributed by atoms with Crippen LogP contribution in [0.2, 0.25) is 0 Å². The molecule has 0 bridgehead atoms. The molecule has 0 amide bonds. The fourth-order valence-electron chi connectivity index (χ4n) is 1.68. The van der Waals surface area contributed by atoms with E-state index in [2.05, 4.69) is 21.5 Å². The summed E-state index contributed by atoms with van der Waals surface area (Å²) in [6.45, 7) is 5.38. The number of ether oxygens (including phenoxy) is 1. The van der Waals surface area contributed by atoms with Crippen LogP contribution in [0.3, 0.4) is 0 Å². The summed E-state index contributed by atoms with van der Waals surface area (Å²) in [5.41, 5.74) is 5.88. The van der Waals surface area contributed by atoms with E-state index in [9.17, 15) is 0 Å². The van der Waals surface area contributed by atoms with E-state index < -0.39 is 0 Å². The number of methoxy groups -OCH3 is 1. The molecule has 1 aromatic rings. The van der Waals surface area contributed by atoms with Crippen LogP contribution in [-0.4, -0.2) is 54.3 Å². The van der Waals surface area contributed by atoms with Crippen molar-refractivity contribution in [2.45, 2.75) is 19.5 Å². The lowest BCUT2D eigenvalue weighted by Crippen LogP contribution is -2.39. The molecule has 0 fully saturated rings. The standard InChI is InChI=1S/C11H22N4O/c1-10-13-4-5-15(10)7-6-14(2)8-11(12)9-16-3/h4-5,11H,6-9,12H2,1-3H3. The Balaban J connectivity index is 2.25. The second-order valence-electron chi connectivity index (χ2n) is 4.15. The van der Waals surface area contributed by atoms with E-state index >= 15 is 0 Å². The lowest BCUT2D eigenvalue weighted by molar-refractivity contribution is 0.160. The summed E-state index contributed by atoms with van der Waals surface area (Å²) < 4.78 is 7.14. The third-order valence-corrected chi connectivity index (χ3v) is 2.57. The topological polar surface area (TPSA) is 56.3 Å². The van der Waals surface area contributed by atoms with Crippen molar-refractivity contribution in [3.8, 4) is 0 Å². The lowest BCUT2D eigenvalue weighted by Gasteiger charge is -2.21. The van der Waals surface area contributed by atoms with Crippen LogP contribution in [0, 0.1) is 6.92 Å². The lowest BCUT2D eigenvalue weighted by atomic mass is 10.3. The molecule has 0 aromatic carbocycles. The molecule has 0 saturated heterocycles. The van der Waals surface area contributed by atoms with E-state index in [1.165, 1.54) is 0 Å². The summed E-state index contributed by atoms with van der Waals surface area (Å²) in [6.07, 6.45) is 3.82. The van der Waals surface area contributed by atoms with Gasteiger partial charge in [-0.15, -0.1) is 0 Å². The normalized spacial score (nSPS) is 13.3. The van der Waals surface area contributed by atoms with Crippen LogP contribution in [0.25, 0.3) is 0 Å². The van der Waals surface area contributed by atoms with Crippen molar-refractivity contribution < 1.29 is 4.74 Å². The van der Waals surface area contributed by atoms with E-state index in [1.807, 2.05) is 19.3 Å². The van der Waals surface area contributed by atoms with Crippen LogP contribution in [0.15, 0.2) is 12.4 Å². The van der Waals surface area contributed by atoms with Gasteiger partial charge in [-0.25, -0.2) is 4.98 Å². The number of aromatic nitrogens is 2. The summed E-state index contributed by atoms with van der Waals surface area (Å²) in [7, 11) is 3.75. The highest BCUT2D eigenvalue weighted by molar-refractivity contribution is 4.88. The highest BCUT2D eigenvalue weighted by Crippen LogP contribution is 1.96. The smallest absolute Gasteiger partial charge is 0.105 e. The van der Waals surface area contributed by atoms with Crippen LogP contribution in [0.1, 0.15) is 5.82 Å². The molecule has 0 spiro atoms. The highest BCUT2D eigenvalue weighted by atomic mass is 16.5. The Morgan fingerprint density at radius 2 is 2.38 bits per heavy atom. The molecular weight excluding hydrogens is 204 g/mol. The van der Waals surface area contributed by atoms with Gasteiger partial charge in [0.2, 0.25) is 0 Å². The zero-order chi connectivity index (χ0) is 12.0. The van der Waals surface area contributed by atoms with Gasteiger partial charge in [0.1, 0.15) is 5.82 Å². The Morgan fingerprint density at radius 3 is 2.94 bits per heavy atom. The van der Waals surface area contributed by atoms with Gasteiger partial charge in [0, 0.05) is 45.2 Å². The Morgan fingerprint density at radius 1 is 1.62 bits per heavy atom. The van der Waals surface area contributed by atoms with Gasteiger partial charge in [-0.1, -0.05) is 0 Å². The van der Waals surface area contributed by atoms with Gasteiger partial charge in [0.25, 0.3) is 0 Å². The Hall–Kier alpha value is -0.910. The van der Waals surface area contributed by atoms with E-state index in [4.69, 9.17) is 10.5 Å². The summed E-state index contributed by atoms with van der Waals surface area (Å²) in [5, 5.41) is 0. The largest absolute Gasteiger partial charge is 0.383 e. The first kappa shape index (κ1) is 13.2. The minimum atomic E-state index is 0.0823. The molecule has 92 valence electrons. The maximum atomic E-state index is 5.88. The van der Waals surface area contributed by atoms with Crippen LogP contribution in [0.4, 0.5) is 0 Å². The predicted molar refractivity (Wildman–Crippen MR) is 64.3 cm³/mol. The van der Waals surface area contributed by atoms with E-state index in [-0.39, 0.29) is 6.04 Å². The van der Waals surface area contributed by atoms with Gasteiger partial charge < -0.3 is 19.9 Å². The van der Waals surface area contributed by atoms with Crippen LogP contribution < -0.4 is 5.73 Å². The second kappa shape index (κ2) is 6.62. The Bertz CT molecular complexity index is 300. The average molecular weight is 226 g/mol. The first-order chi connectivity index (χ1) is 7.63. The van der Waals surface area contributed by atoms with Gasteiger partial charge in [-0.2, -0.15) is 0 Å². The number of likely N-dealkylation sites (N-methyl/N-ethyl adjacent to an activating group) is 1. The summed E-state index contributed by atoms with van der Waals surface area (Å²) >= 11 is 0.